The molecule has 1 nitrogen and oxygen atoms in total. The van der Waals surface area contributed by atoms with Gasteiger partial charge in [0.1, 0.15) is 0 Å². The van der Waals surface area contributed by atoms with E-state index < -0.39 is 0 Å². The third-order valence-corrected chi connectivity index (χ3v) is 3.01. The van der Waals surface area contributed by atoms with Crippen LogP contribution in [0.3, 0.4) is 0 Å². The molecule has 0 aromatic rings. The second-order valence-electron chi connectivity index (χ2n) is 3.48. The van der Waals surface area contributed by atoms with E-state index in [-0.39, 0.29) is 0 Å². The molecule has 0 rings (SSSR count). The van der Waals surface area contributed by atoms with E-state index in [0.29, 0.717) is 6.04 Å². The maximum Gasteiger partial charge on any atom is 0.0130 e. The Morgan fingerprint density at radius 1 is 1.27 bits per heavy atom. The van der Waals surface area contributed by atoms with Crippen molar-refractivity contribution in [1.29, 1.82) is 0 Å². The van der Waals surface area contributed by atoms with Crippen molar-refractivity contribution in [1.82, 2.24) is 0 Å². The molecule has 1 atom stereocenters. The highest BCUT2D eigenvalue weighted by Crippen LogP contribution is 2.09. The SMILES string of the molecule is CCCC(N)CSCC(C)C. The lowest BCUT2D eigenvalue weighted by molar-refractivity contribution is 0.658. The van der Waals surface area contributed by atoms with Gasteiger partial charge < -0.3 is 5.73 Å². The summed E-state index contributed by atoms with van der Waals surface area (Å²) in [5, 5.41) is 0. The van der Waals surface area contributed by atoms with Crippen molar-refractivity contribution in [3.63, 3.8) is 0 Å². The van der Waals surface area contributed by atoms with Gasteiger partial charge in [-0.2, -0.15) is 11.8 Å². The van der Waals surface area contributed by atoms with Gasteiger partial charge in [0, 0.05) is 11.8 Å². The molecule has 0 amide bonds. The fraction of sp³-hybridized carbons (Fsp3) is 1.00. The third kappa shape index (κ3) is 8.21. The van der Waals surface area contributed by atoms with Crippen molar-refractivity contribution in [2.75, 3.05) is 11.5 Å². The number of hydrogen-bond acceptors (Lipinski definition) is 2. The normalized spacial score (nSPS) is 13.9. The highest BCUT2D eigenvalue weighted by Gasteiger charge is 2.01. The first-order valence-corrected chi connectivity index (χ1v) is 5.65. The van der Waals surface area contributed by atoms with Crippen LogP contribution in [0, 0.1) is 5.92 Å². The fourth-order valence-corrected chi connectivity index (χ4v) is 1.99. The van der Waals surface area contributed by atoms with Crippen LogP contribution in [0.25, 0.3) is 0 Å². The molecule has 2 heteroatoms. The molecule has 0 aromatic carbocycles. The summed E-state index contributed by atoms with van der Waals surface area (Å²) >= 11 is 1.98. The molecule has 0 aliphatic heterocycles. The van der Waals surface area contributed by atoms with Crippen molar-refractivity contribution >= 4 is 11.8 Å². The summed E-state index contributed by atoms with van der Waals surface area (Å²) in [5.41, 5.74) is 5.85. The second kappa shape index (κ2) is 6.99. The number of rotatable bonds is 6. The number of nitrogens with two attached hydrogens (primary N) is 1. The summed E-state index contributed by atoms with van der Waals surface area (Å²) in [7, 11) is 0. The van der Waals surface area contributed by atoms with E-state index in [9.17, 15) is 0 Å². The van der Waals surface area contributed by atoms with E-state index in [2.05, 4.69) is 20.8 Å². The maximum atomic E-state index is 5.85. The van der Waals surface area contributed by atoms with Crippen LogP contribution in [0.15, 0.2) is 0 Å². The largest absolute Gasteiger partial charge is 0.327 e. The number of hydrogen-bond donors (Lipinski definition) is 1. The Morgan fingerprint density at radius 3 is 2.36 bits per heavy atom. The first-order chi connectivity index (χ1) is 5.16. The van der Waals surface area contributed by atoms with Crippen molar-refractivity contribution in [2.24, 2.45) is 11.7 Å². The standard InChI is InChI=1S/C9H21NS/c1-4-5-9(10)7-11-6-8(2)3/h8-9H,4-7,10H2,1-3H3. The van der Waals surface area contributed by atoms with Gasteiger partial charge in [-0.15, -0.1) is 0 Å². The van der Waals surface area contributed by atoms with E-state index in [1.54, 1.807) is 0 Å². The lowest BCUT2D eigenvalue weighted by Crippen LogP contribution is -2.22. The molecular weight excluding hydrogens is 154 g/mol. The lowest BCUT2D eigenvalue weighted by atomic mass is 10.2. The average Bonchev–Trinajstić information content (AvgIpc) is 1.87. The first kappa shape index (κ1) is 11.3. The van der Waals surface area contributed by atoms with Crippen molar-refractivity contribution < 1.29 is 0 Å². The molecule has 0 spiro atoms. The Labute approximate surface area is 75.1 Å². The van der Waals surface area contributed by atoms with Gasteiger partial charge in [-0.3, -0.25) is 0 Å². The average molecular weight is 175 g/mol. The molecule has 0 saturated heterocycles. The predicted octanol–water partition coefficient (Wildman–Crippen LogP) is 2.50. The van der Waals surface area contributed by atoms with Gasteiger partial charge in [-0.25, -0.2) is 0 Å². The van der Waals surface area contributed by atoms with Gasteiger partial charge in [0.15, 0.2) is 0 Å². The zero-order valence-corrected chi connectivity index (χ0v) is 8.79. The van der Waals surface area contributed by atoms with Crippen LogP contribution in [-0.2, 0) is 0 Å². The van der Waals surface area contributed by atoms with E-state index in [0.717, 1.165) is 11.7 Å². The van der Waals surface area contributed by atoms with Gasteiger partial charge in [0.05, 0.1) is 0 Å². The monoisotopic (exact) mass is 175 g/mol. The third-order valence-electron chi connectivity index (χ3n) is 1.44. The van der Waals surface area contributed by atoms with Gasteiger partial charge >= 0.3 is 0 Å². The quantitative estimate of drug-likeness (QED) is 0.671. The van der Waals surface area contributed by atoms with Gasteiger partial charge in [-0.1, -0.05) is 27.2 Å². The highest BCUT2D eigenvalue weighted by atomic mass is 32.2. The van der Waals surface area contributed by atoms with Crippen molar-refractivity contribution in [3.05, 3.63) is 0 Å². The summed E-state index contributed by atoms with van der Waals surface area (Å²) in [5.74, 6) is 3.18. The predicted molar refractivity (Wildman–Crippen MR) is 55.0 cm³/mol. The molecule has 2 N–H and O–H groups in total. The Morgan fingerprint density at radius 2 is 1.91 bits per heavy atom. The highest BCUT2D eigenvalue weighted by molar-refractivity contribution is 7.99. The minimum absolute atomic E-state index is 0.420. The van der Waals surface area contributed by atoms with Crippen molar-refractivity contribution in [2.45, 2.75) is 39.7 Å². The lowest BCUT2D eigenvalue weighted by Gasteiger charge is -2.10. The maximum absolute atomic E-state index is 5.85. The Kier molecular flexibility index (Phi) is 7.18. The van der Waals surface area contributed by atoms with Gasteiger partial charge in [0.25, 0.3) is 0 Å². The zero-order chi connectivity index (χ0) is 8.69. The summed E-state index contributed by atoms with van der Waals surface area (Å²) in [6, 6.07) is 0.420. The molecule has 0 aliphatic rings. The molecule has 0 heterocycles. The summed E-state index contributed by atoms with van der Waals surface area (Å²) in [6.07, 6.45) is 2.38. The van der Waals surface area contributed by atoms with Crippen LogP contribution >= 0.6 is 11.8 Å². The van der Waals surface area contributed by atoms with Gasteiger partial charge in [0.2, 0.25) is 0 Å². The molecule has 0 fully saturated rings. The molecule has 0 radical (unpaired) electrons. The molecule has 1 unspecified atom stereocenters. The smallest absolute Gasteiger partial charge is 0.0130 e. The van der Waals surface area contributed by atoms with Crippen LogP contribution in [0.1, 0.15) is 33.6 Å². The molecular formula is C9H21NS. The molecule has 0 bridgehead atoms. The van der Waals surface area contributed by atoms with E-state index in [1.807, 2.05) is 11.8 Å². The summed E-state index contributed by atoms with van der Waals surface area (Å²) in [6.45, 7) is 6.68. The summed E-state index contributed by atoms with van der Waals surface area (Å²) < 4.78 is 0. The van der Waals surface area contributed by atoms with Crippen LogP contribution in [0.4, 0.5) is 0 Å². The molecule has 0 aliphatic carbocycles. The topological polar surface area (TPSA) is 26.0 Å². The Bertz CT molecular complexity index is 83.6. The van der Waals surface area contributed by atoms with Crippen LogP contribution in [0.5, 0.6) is 0 Å². The Hall–Kier alpha value is 0.310. The second-order valence-corrected chi connectivity index (χ2v) is 4.55. The molecule has 0 saturated carbocycles. The van der Waals surface area contributed by atoms with Crippen LogP contribution in [-0.4, -0.2) is 17.5 Å². The fourth-order valence-electron chi connectivity index (χ4n) is 0.909. The van der Waals surface area contributed by atoms with E-state index in [4.69, 9.17) is 5.73 Å². The van der Waals surface area contributed by atoms with E-state index >= 15 is 0 Å². The minimum Gasteiger partial charge on any atom is -0.327 e. The van der Waals surface area contributed by atoms with Crippen molar-refractivity contribution in [3.8, 4) is 0 Å². The molecule has 0 aromatic heterocycles. The Balaban J connectivity index is 3.10. The molecule has 11 heavy (non-hydrogen) atoms. The zero-order valence-electron chi connectivity index (χ0n) is 7.97. The molecule has 68 valence electrons. The van der Waals surface area contributed by atoms with Crippen LogP contribution < -0.4 is 5.73 Å². The first-order valence-electron chi connectivity index (χ1n) is 4.50. The van der Waals surface area contributed by atoms with E-state index in [1.165, 1.54) is 18.6 Å². The summed E-state index contributed by atoms with van der Waals surface area (Å²) in [4.78, 5) is 0. The number of thioether (sulfide) groups is 1. The van der Waals surface area contributed by atoms with Gasteiger partial charge in [-0.05, 0) is 18.1 Å². The van der Waals surface area contributed by atoms with Crippen LogP contribution in [0.2, 0.25) is 0 Å². The minimum atomic E-state index is 0.420.